The lowest BCUT2D eigenvalue weighted by molar-refractivity contribution is -0.115. The Kier molecular flexibility index (Phi) is 9.21. The lowest BCUT2D eigenvalue weighted by atomic mass is 10.1. The number of anilines is 3. The lowest BCUT2D eigenvalue weighted by Crippen LogP contribution is -2.36. The van der Waals surface area contributed by atoms with Gasteiger partial charge in [0.2, 0.25) is 5.91 Å². The third-order valence-corrected chi connectivity index (χ3v) is 5.86. The first-order valence-electron chi connectivity index (χ1n) is 12.8. The lowest BCUT2D eigenvalue weighted by Gasteiger charge is -2.27. The van der Waals surface area contributed by atoms with Crippen molar-refractivity contribution in [3.63, 3.8) is 0 Å². The minimum atomic E-state index is -0.406. The van der Waals surface area contributed by atoms with Crippen LogP contribution in [0.2, 0.25) is 0 Å². The summed E-state index contributed by atoms with van der Waals surface area (Å²) >= 11 is 0. The second-order valence-electron chi connectivity index (χ2n) is 8.41. The molecular weight excluding hydrogens is 494 g/mol. The monoisotopic (exact) mass is 525 g/mol. The zero-order chi connectivity index (χ0) is 27.6. The van der Waals surface area contributed by atoms with Crippen LogP contribution in [0, 0.1) is 11.8 Å². The predicted molar refractivity (Wildman–Crippen MR) is 152 cm³/mol. The SMILES string of the molecule is CC.CC#CC(=O)Nc1ccc(CC(=O)Nc2ccc(-c3cc4c(N5CCOCC5)ncnc4[nH]3)cc2)nc1. The van der Waals surface area contributed by atoms with Crippen LogP contribution < -0.4 is 15.5 Å². The number of benzene rings is 1. The largest absolute Gasteiger partial charge is 0.378 e. The second-order valence-corrected chi connectivity index (χ2v) is 8.41. The number of amides is 2. The first-order valence-corrected chi connectivity index (χ1v) is 12.8. The normalized spacial score (nSPS) is 12.5. The first-order chi connectivity index (χ1) is 19.1. The van der Waals surface area contributed by atoms with Crippen molar-refractivity contribution in [2.45, 2.75) is 27.2 Å². The van der Waals surface area contributed by atoms with Crippen molar-refractivity contribution in [3.8, 4) is 23.1 Å². The molecular formula is C29H31N7O3. The molecule has 39 heavy (non-hydrogen) atoms. The number of fused-ring (bicyclic) bond motifs is 1. The van der Waals surface area contributed by atoms with E-state index in [1.807, 2.05) is 38.1 Å². The molecule has 4 heterocycles. The van der Waals surface area contributed by atoms with E-state index in [1.165, 1.54) is 6.20 Å². The maximum Gasteiger partial charge on any atom is 0.300 e. The average Bonchev–Trinajstić information content (AvgIpc) is 3.41. The van der Waals surface area contributed by atoms with Crippen molar-refractivity contribution >= 4 is 40.0 Å². The van der Waals surface area contributed by atoms with E-state index >= 15 is 0 Å². The summed E-state index contributed by atoms with van der Waals surface area (Å²) < 4.78 is 5.46. The number of nitrogens with one attached hydrogen (secondary N) is 3. The van der Waals surface area contributed by atoms with E-state index in [9.17, 15) is 9.59 Å². The number of aromatic nitrogens is 4. The maximum atomic E-state index is 12.5. The third kappa shape index (κ3) is 6.97. The highest BCUT2D eigenvalue weighted by Crippen LogP contribution is 2.29. The summed E-state index contributed by atoms with van der Waals surface area (Å²) in [5, 5.41) is 6.48. The van der Waals surface area contributed by atoms with Gasteiger partial charge in [-0.25, -0.2) is 9.97 Å². The standard InChI is InChI=1S/C27H25N7O3.C2H6/c1-2-3-24(35)32-21-9-8-20(28-16-21)14-25(36)31-19-6-4-18(5-7-19)23-15-22-26(33-23)29-17-30-27(22)34-10-12-37-13-11-34;1-2/h4-9,15-17H,10-14H2,1H3,(H,31,36)(H,32,35)(H,29,30,33);1-2H3. The molecule has 5 rings (SSSR count). The van der Waals surface area contributed by atoms with E-state index in [0.717, 1.165) is 41.2 Å². The van der Waals surface area contributed by atoms with Gasteiger partial charge in [-0.05, 0) is 48.7 Å². The molecule has 0 atom stereocenters. The van der Waals surface area contributed by atoms with Gasteiger partial charge < -0.3 is 25.3 Å². The number of ether oxygens (including phenoxy) is 1. The minimum absolute atomic E-state index is 0.107. The van der Waals surface area contributed by atoms with Crippen LogP contribution >= 0.6 is 0 Å². The summed E-state index contributed by atoms with van der Waals surface area (Å²) in [6.07, 6.45) is 3.18. The van der Waals surface area contributed by atoms with Gasteiger partial charge in [0.05, 0.1) is 36.9 Å². The summed E-state index contributed by atoms with van der Waals surface area (Å²) in [7, 11) is 0. The van der Waals surface area contributed by atoms with Gasteiger partial charge in [-0.3, -0.25) is 14.6 Å². The summed E-state index contributed by atoms with van der Waals surface area (Å²) in [6, 6.07) is 13.0. The Morgan fingerprint density at radius 3 is 2.44 bits per heavy atom. The number of nitrogens with zero attached hydrogens (tertiary/aromatic N) is 4. The Hall–Kier alpha value is -4.75. The molecule has 0 aliphatic carbocycles. The fraction of sp³-hybridized carbons (Fsp3) is 0.276. The molecule has 10 nitrogen and oxygen atoms in total. The van der Waals surface area contributed by atoms with Crippen molar-refractivity contribution in [2.75, 3.05) is 41.8 Å². The van der Waals surface area contributed by atoms with Gasteiger partial charge in [0, 0.05) is 30.2 Å². The summed E-state index contributed by atoms with van der Waals surface area (Å²) in [5.41, 5.74) is 4.46. The maximum absolute atomic E-state index is 12.5. The van der Waals surface area contributed by atoms with Crippen LogP contribution in [0.5, 0.6) is 0 Å². The topological polar surface area (TPSA) is 125 Å². The average molecular weight is 526 g/mol. The molecule has 0 unspecified atom stereocenters. The van der Waals surface area contributed by atoms with E-state index in [0.29, 0.717) is 30.3 Å². The molecule has 1 fully saturated rings. The van der Waals surface area contributed by atoms with Crippen molar-refractivity contribution in [2.24, 2.45) is 0 Å². The molecule has 0 bridgehead atoms. The molecule has 1 aliphatic rings. The smallest absolute Gasteiger partial charge is 0.300 e. The molecule has 1 saturated heterocycles. The summed E-state index contributed by atoms with van der Waals surface area (Å²) in [4.78, 5) is 42.8. The summed E-state index contributed by atoms with van der Waals surface area (Å²) in [5.74, 6) is 5.24. The Morgan fingerprint density at radius 2 is 1.74 bits per heavy atom. The molecule has 3 N–H and O–H groups in total. The molecule has 0 saturated carbocycles. The van der Waals surface area contributed by atoms with Crippen LogP contribution in [0.15, 0.2) is 55.0 Å². The number of carbonyl (C=O) groups excluding carboxylic acids is 2. The van der Waals surface area contributed by atoms with E-state index in [2.05, 4.69) is 53.4 Å². The highest BCUT2D eigenvalue weighted by Gasteiger charge is 2.17. The molecule has 4 aromatic rings. The van der Waals surface area contributed by atoms with Gasteiger partial charge in [-0.15, -0.1) is 0 Å². The van der Waals surface area contributed by atoms with E-state index in [4.69, 9.17) is 4.74 Å². The van der Waals surface area contributed by atoms with E-state index in [1.54, 1.807) is 25.4 Å². The third-order valence-electron chi connectivity index (χ3n) is 5.86. The quantitative estimate of drug-likeness (QED) is 0.325. The Morgan fingerprint density at radius 1 is 1.00 bits per heavy atom. The van der Waals surface area contributed by atoms with Crippen molar-refractivity contribution < 1.29 is 14.3 Å². The Bertz CT molecular complexity index is 1480. The molecule has 2 amide bonds. The van der Waals surface area contributed by atoms with Crippen LogP contribution in [0.1, 0.15) is 26.5 Å². The summed E-state index contributed by atoms with van der Waals surface area (Å²) in [6.45, 7) is 8.55. The molecule has 0 radical (unpaired) electrons. The van der Waals surface area contributed by atoms with Crippen LogP contribution in [-0.4, -0.2) is 58.1 Å². The second kappa shape index (κ2) is 13.2. The van der Waals surface area contributed by atoms with Crippen molar-refractivity contribution in [1.29, 1.82) is 0 Å². The van der Waals surface area contributed by atoms with Gasteiger partial charge in [0.25, 0.3) is 5.91 Å². The number of hydrogen-bond acceptors (Lipinski definition) is 7. The predicted octanol–water partition coefficient (Wildman–Crippen LogP) is 4.03. The highest BCUT2D eigenvalue weighted by atomic mass is 16.5. The van der Waals surface area contributed by atoms with E-state index in [-0.39, 0.29) is 12.3 Å². The van der Waals surface area contributed by atoms with Crippen LogP contribution in [-0.2, 0) is 20.7 Å². The number of pyridine rings is 1. The number of H-pyrrole nitrogens is 1. The first kappa shape index (κ1) is 27.3. The van der Waals surface area contributed by atoms with Gasteiger partial charge in [-0.1, -0.05) is 31.9 Å². The zero-order valence-corrected chi connectivity index (χ0v) is 22.2. The van der Waals surface area contributed by atoms with Gasteiger partial charge >= 0.3 is 0 Å². The van der Waals surface area contributed by atoms with Gasteiger partial charge in [0.15, 0.2) is 0 Å². The fourth-order valence-electron chi connectivity index (χ4n) is 4.09. The molecule has 3 aromatic heterocycles. The number of rotatable bonds is 6. The van der Waals surface area contributed by atoms with Crippen LogP contribution in [0.4, 0.5) is 17.2 Å². The molecule has 1 aromatic carbocycles. The number of hydrogen-bond donors (Lipinski definition) is 3. The number of aromatic amines is 1. The molecule has 1 aliphatic heterocycles. The highest BCUT2D eigenvalue weighted by molar-refractivity contribution is 6.03. The molecule has 200 valence electrons. The van der Waals surface area contributed by atoms with Crippen LogP contribution in [0.3, 0.4) is 0 Å². The number of morpholine rings is 1. The Labute approximate surface area is 227 Å². The van der Waals surface area contributed by atoms with Gasteiger partial charge in [0.1, 0.15) is 17.8 Å². The Balaban J connectivity index is 0.00000172. The zero-order valence-electron chi connectivity index (χ0n) is 22.2. The number of carbonyl (C=O) groups is 2. The van der Waals surface area contributed by atoms with Crippen molar-refractivity contribution in [1.82, 2.24) is 19.9 Å². The minimum Gasteiger partial charge on any atom is -0.378 e. The molecule has 0 spiro atoms. The fourth-order valence-corrected chi connectivity index (χ4v) is 4.09. The van der Waals surface area contributed by atoms with Crippen LogP contribution in [0.25, 0.3) is 22.3 Å². The van der Waals surface area contributed by atoms with E-state index < -0.39 is 5.91 Å². The van der Waals surface area contributed by atoms with Crippen molar-refractivity contribution in [3.05, 3.63) is 60.7 Å². The molecule has 10 heteroatoms. The van der Waals surface area contributed by atoms with Gasteiger partial charge in [-0.2, -0.15) is 0 Å².